The second-order valence-corrected chi connectivity index (χ2v) is 8.47. The van der Waals surface area contributed by atoms with E-state index < -0.39 is 5.97 Å². The van der Waals surface area contributed by atoms with Crippen molar-refractivity contribution >= 4 is 23.6 Å². The lowest BCUT2D eigenvalue weighted by Gasteiger charge is -2.26. The first-order chi connectivity index (χ1) is 16.0. The molecule has 33 heavy (non-hydrogen) atoms. The Morgan fingerprint density at radius 3 is 2.36 bits per heavy atom. The number of anilines is 1. The molecule has 1 aliphatic heterocycles. The van der Waals surface area contributed by atoms with Gasteiger partial charge in [0, 0.05) is 30.9 Å². The van der Waals surface area contributed by atoms with Crippen LogP contribution in [0.25, 0.3) is 0 Å². The molecule has 8 nitrogen and oxygen atoms in total. The summed E-state index contributed by atoms with van der Waals surface area (Å²) in [6.45, 7) is 1.32. The molecule has 3 N–H and O–H groups in total. The van der Waals surface area contributed by atoms with Gasteiger partial charge >= 0.3 is 12.0 Å². The quantitative estimate of drug-likeness (QED) is 0.561. The van der Waals surface area contributed by atoms with Gasteiger partial charge in [0.05, 0.1) is 12.0 Å². The number of ether oxygens (including phenoxy) is 1. The van der Waals surface area contributed by atoms with Crippen molar-refractivity contribution in [1.82, 2.24) is 10.6 Å². The highest BCUT2D eigenvalue weighted by Crippen LogP contribution is 2.28. The van der Waals surface area contributed by atoms with E-state index in [0.717, 1.165) is 12.1 Å². The van der Waals surface area contributed by atoms with Crippen LogP contribution < -0.4 is 20.3 Å². The summed E-state index contributed by atoms with van der Waals surface area (Å²) in [7, 11) is 0. The number of benzene rings is 2. The van der Waals surface area contributed by atoms with Gasteiger partial charge in [0.25, 0.3) is 5.91 Å². The van der Waals surface area contributed by atoms with Gasteiger partial charge in [-0.25, -0.2) is 4.79 Å². The van der Waals surface area contributed by atoms with Crippen molar-refractivity contribution in [3.63, 3.8) is 0 Å². The van der Waals surface area contributed by atoms with Crippen molar-refractivity contribution in [2.75, 3.05) is 24.5 Å². The van der Waals surface area contributed by atoms with Crippen LogP contribution in [0.1, 0.15) is 41.6 Å². The smallest absolute Gasteiger partial charge is 0.321 e. The molecule has 0 aromatic heterocycles. The summed E-state index contributed by atoms with van der Waals surface area (Å²) in [5.41, 5.74) is 2.62. The van der Waals surface area contributed by atoms with E-state index in [1.54, 1.807) is 29.2 Å². The van der Waals surface area contributed by atoms with Crippen LogP contribution in [0.15, 0.2) is 48.5 Å². The molecule has 3 amide bonds. The minimum atomic E-state index is -0.732. The third-order valence-electron chi connectivity index (χ3n) is 6.26. The van der Waals surface area contributed by atoms with Crippen molar-refractivity contribution in [2.45, 2.75) is 38.2 Å². The number of fused-ring (bicyclic) bond motifs is 1. The largest absolute Gasteiger partial charge is 0.490 e. The molecule has 0 unspecified atom stereocenters. The van der Waals surface area contributed by atoms with E-state index in [4.69, 9.17) is 9.84 Å². The Kier molecular flexibility index (Phi) is 7.12. The Balaban J connectivity index is 1.17. The number of urea groups is 1. The molecule has 0 radical (unpaired) electrons. The summed E-state index contributed by atoms with van der Waals surface area (Å²) in [6, 6.07) is 14.6. The van der Waals surface area contributed by atoms with Crippen molar-refractivity contribution in [3.8, 4) is 5.75 Å². The van der Waals surface area contributed by atoms with Gasteiger partial charge in [-0.1, -0.05) is 18.2 Å². The first kappa shape index (κ1) is 22.6. The highest BCUT2D eigenvalue weighted by Gasteiger charge is 2.27. The van der Waals surface area contributed by atoms with E-state index in [0.29, 0.717) is 56.6 Å². The van der Waals surface area contributed by atoms with Crippen LogP contribution in [0.2, 0.25) is 0 Å². The van der Waals surface area contributed by atoms with Crippen molar-refractivity contribution in [3.05, 3.63) is 59.7 Å². The molecule has 174 valence electrons. The maximum Gasteiger partial charge on any atom is 0.321 e. The van der Waals surface area contributed by atoms with Crippen molar-refractivity contribution in [1.29, 1.82) is 0 Å². The minimum Gasteiger partial charge on any atom is -0.490 e. The number of carboxylic acid groups (broad SMARTS) is 1. The highest BCUT2D eigenvalue weighted by atomic mass is 16.5. The van der Waals surface area contributed by atoms with E-state index >= 15 is 0 Å². The fourth-order valence-electron chi connectivity index (χ4n) is 4.40. The molecule has 0 atom stereocenters. The molecule has 8 heteroatoms. The predicted octanol–water partition coefficient (Wildman–Crippen LogP) is 3.21. The molecular formula is C25H29N3O5. The zero-order valence-electron chi connectivity index (χ0n) is 18.5. The van der Waals surface area contributed by atoms with Gasteiger partial charge in [-0.2, -0.15) is 0 Å². The zero-order valence-corrected chi connectivity index (χ0v) is 18.5. The summed E-state index contributed by atoms with van der Waals surface area (Å²) < 4.78 is 5.94. The third kappa shape index (κ3) is 5.63. The molecule has 2 aromatic rings. The van der Waals surface area contributed by atoms with Crippen LogP contribution in [-0.2, 0) is 11.2 Å². The number of nitrogens with one attached hydrogen (secondary N) is 2. The van der Waals surface area contributed by atoms with E-state index in [9.17, 15) is 14.4 Å². The maximum atomic E-state index is 12.4. The van der Waals surface area contributed by atoms with Crippen LogP contribution in [-0.4, -0.2) is 48.8 Å². The van der Waals surface area contributed by atoms with Gasteiger partial charge in [0.2, 0.25) is 0 Å². The Morgan fingerprint density at radius 2 is 1.64 bits per heavy atom. The molecule has 0 saturated heterocycles. The number of carbonyl (C=O) groups is 3. The predicted molar refractivity (Wildman–Crippen MR) is 124 cm³/mol. The minimum absolute atomic E-state index is 0.00598. The lowest BCUT2D eigenvalue weighted by molar-refractivity contribution is -0.143. The van der Waals surface area contributed by atoms with Gasteiger partial charge in [-0.15, -0.1) is 0 Å². The summed E-state index contributed by atoms with van der Waals surface area (Å²) in [5, 5.41) is 14.7. The number of carbonyl (C=O) groups excluding carboxylic acids is 2. The molecule has 4 rings (SSSR count). The summed E-state index contributed by atoms with van der Waals surface area (Å²) in [5.74, 6) is -0.551. The highest BCUT2D eigenvalue weighted by molar-refractivity contribution is 5.95. The van der Waals surface area contributed by atoms with E-state index in [-0.39, 0.29) is 24.0 Å². The number of amides is 3. The number of rotatable bonds is 7. The number of carboxylic acids is 1. The van der Waals surface area contributed by atoms with Gasteiger partial charge in [0.1, 0.15) is 5.75 Å². The molecule has 2 aromatic carbocycles. The summed E-state index contributed by atoms with van der Waals surface area (Å²) >= 11 is 0. The Morgan fingerprint density at radius 1 is 0.939 bits per heavy atom. The normalized spacial score (nSPS) is 19.5. The maximum absolute atomic E-state index is 12.4. The average Bonchev–Trinajstić information content (AvgIpc) is 3.27. The van der Waals surface area contributed by atoms with E-state index in [1.165, 1.54) is 5.56 Å². The van der Waals surface area contributed by atoms with Crippen LogP contribution >= 0.6 is 0 Å². The fraction of sp³-hybridized carbons (Fsp3) is 0.400. The molecule has 0 spiro atoms. The van der Waals surface area contributed by atoms with Crippen LogP contribution in [0.4, 0.5) is 10.5 Å². The van der Waals surface area contributed by atoms with Crippen LogP contribution in [0.3, 0.4) is 0 Å². The third-order valence-corrected chi connectivity index (χ3v) is 6.26. The van der Waals surface area contributed by atoms with Gasteiger partial charge < -0.3 is 20.5 Å². The monoisotopic (exact) mass is 451 g/mol. The standard InChI is InChI=1S/C25H29N3O5/c29-23(26-14-15-27-25(32)28-16-13-17-3-1-2-4-22(17)28)18-5-9-20(10-6-18)33-21-11-7-19(8-12-21)24(30)31/h1-6,9-10,19,21H,7-8,11-16H2,(H,26,29)(H,27,32)(H,30,31)/t19-,21+. The van der Waals surface area contributed by atoms with E-state index in [1.807, 2.05) is 24.3 Å². The molecule has 1 heterocycles. The van der Waals surface area contributed by atoms with E-state index in [2.05, 4.69) is 10.6 Å². The van der Waals surface area contributed by atoms with Crippen molar-refractivity contribution in [2.24, 2.45) is 5.92 Å². The summed E-state index contributed by atoms with van der Waals surface area (Å²) in [4.78, 5) is 37.6. The number of hydrogen-bond donors (Lipinski definition) is 3. The van der Waals surface area contributed by atoms with Crippen LogP contribution in [0, 0.1) is 5.92 Å². The average molecular weight is 452 g/mol. The van der Waals surface area contributed by atoms with Gasteiger partial charge in [-0.3, -0.25) is 14.5 Å². The number of hydrogen-bond acceptors (Lipinski definition) is 4. The lowest BCUT2D eigenvalue weighted by Crippen LogP contribution is -2.42. The van der Waals surface area contributed by atoms with Crippen LogP contribution in [0.5, 0.6) is 5.75 Å². The van der Waals surface area contributed by atoms with Gasteiger partial charge in [0.15, 0.2) is 0 Å². The molecular weight excluding hydrogens is 422 g/mol. The Bertz CT molecular complexity index is 999. The first-order valence-corrected chi connectivity index (χ1v) is 11.4. The Labute approximate surface area is 192 Å². The second kappa shape index (κ2) is 10.4. The lowest BCUT2D eigenvalue weighted by atomic mass is 9.87. The molecule has 1 aliphatic carbocycles. The fourth-order valence-corrected chi connectivity index (χ4v) is 4.40. The zero-order chi connectivity index (χ0) is 23.2. The molecule has 0 bridgehead atoms. The van der Waals surface area contributed by atoms with Gasteiger partial charge in [-0.05, 0) is 68.0 Å². The SMILES string of the molecule is O=C(NCCNC(=O)N1CCc2ccccc21)c1ccc(O[C@H]2CC[C@@H](C(=O)O)CC2)cc1. The first-order valence-electron chi connectivity index (χ1n) is 11.4. The number of para-hydroxylation sites is 1. The molecule has 2 aliphatic rings. The second-order valence-electron chi connectivity index (χ2n) is 8.47. The Hall–Kier alpha value is -3.55. The van der Waals surface area contributed by atoms with Crippen molar-refractivity contribution < 1.29 is 24.2 Å². The molecule has 1 fully saturated rings. The topological polar surface area (TPSA) is 108 Å². The molecule has 1 saturated carbocycles. The number of nitrogens with zero attached hydrogens (tertiary/aromatic N) is 1. The number of aliphatic carboxylic acids is 1. The summed E-state index contributed by atoms with van der Waals surface area (Å²) in [6.07, 6.45) is 3.54.